The Kier molecular flexibility index (Phi) is 4.62. The first kappa shape index (κ1) is 15.2. The van der Waals surface area contributed by atoms with Crippen molar-refractivity contribution in [3.8, 4) is 0 Å². The van der Waals surface area contributed by atoms with Crippen LogP contribution in [0.15, 0.2) is 23.1 Å². The molecule has 1 heterocycles. The Morgan fingerprint density at radius 3 is 2.85 bits per heavy atom. The van der Waals surface area contributed by atoms with Crippen molar-refractivity contribution < 1.29 is 17.5 Å². The van der Waals surface area contributed by atoms with Crippen molar-refractivity contribution in [1.82, 2.24) is 4.31 Å². The SMILES string of the molecule is CN(CC1CCCOC1)S(=O)(=O)c1ccc(F)c(N)c1. The second-order valence-corrected chi connectivity index (χ2v) is 7.10. The number of anilines is 1. The van der Waals surface area contributed by atoms with Gasteiger partial charge in [0.2, 0.25) is 10.0 Å². The average Bonchev–Trinajstić information content (AvgIpc) is 2.42. The fraction of sp³-hybridized carbons (Fsp3) is 0.538. The molecule has 112 valence electrons. The van der Waals surface area contributed by atoms with Crippen LogP contribution in [0.4, 0.5) is 10.1 Å². The zero-order valence-electron chi connectivity index (χ0n) is 11.4. The van der Waals surface area contributed by atoms with E-state index in [0.29, 0.717) is 13.2 Å². The van der Waals surface area contributed by atoms with E-state index in [1.165, 1.54) is 17.4 Å². The highest BCUT2D eigenvalue weighted by Crippen LogP contribution is 2.22. The van der Waals surface area contributed by atoms with E-state index in [-0.39, 0.29) is 16.5 Å². The van der Waals surface area contributed by atoms with Gasteiger partial charge in [-0.1, -0.05) is 0 Å². The summed E-state index contributed by atoms with van der Waals surface area (Å²) in [5.74, 6) is -0.423. The van der Waals surface area contributed by atoms with Crippen LogP contribution in [-0.4, -0.2) is 39.5 Å². The maximum atomic E-state index is 13.1. The first-order valence-corrected chi connectivity index (χ1v) is 7.94. The van der Waals surface area contributed by atoms with E-state index in [1.807, 2.05) is 0 Å². The molecular weight excluding hydrogens is 283 g/mol. The van der Waals surface area contributed by atoms with E-state index >= 15 is 0 Å². The lowest BCUT2D eigenvalue weighted by atomic mass is 10.0. The molecule has 2 N–H and O–H groups in total. The molecular formula is C13H19FN2O3S. The number of rotatable bonds is 4. The van der Waals surface area contributed by atoms with Gasteiger partial charge < -0.3 is 10.5 Å². The number of benzene rings is 1. The van der Waals surface area contributed by atoms with Crippen LogP contribution in [0.25, 0.3) is 0 Å². The van der Waals surface area contributed by atoms with E-state index in [0.717, 1.165) is 31.6 Å². The minimum atomic E-state index is -3.65. The van der Waals surface area contributed by atoms with Gasteiger partial charge in [0.05, 0.1) is 17.2 Å². The molecule has 1 aliphatic heterocycles. The van der Waals surface area contributed by atoms with Crippen molar-refractivity contribution in [1.29, 1.82) is 0 Å². The predicted molar refractivity (Wildman–Crippen MR) is 74.2 cm³/mol. The second kappa shape index (κ2) is 6.07. The van der Waals surface area contributed by atoms with Crippen molar-refractivity contribution in [3.63, 3.8) is 0 Å². The van der Waals surface area contributed by atoms with Crippen molar-refractivity contribution in [3.05, 3.63) is 24.0 Å². The van der Waals surface area contributed by atoms with Gasteiger partial charge in [0.15, 0.2) is 0 Å². The lowest BCUT2D eigenvalue weighted by Crippen LogP contribution is -2.35. The van der Waals surface area contributed by atoms with Gasteiger partial charge in [-0.25, -0.2) is 17.1 Å². The van der Waals surface area contributed by atoms with Crippen LogP contribution in [0.1, 0.15) is 12.8 Å². The normalized spacial score (nSPS) is 20.2. The summed E-state index contributed by atoms with van der Waals surface area (Å²) in [5, 5.41) is 0. The number of nitrogens with zero attached hydrogens (tertiary/aromatic N) is 1. The molecule has 7 heteroatoms. The molecule has 0 saturated carbocycles. The molecule has 5 nitrogen and oxygen atoms in total. The number of nitrogen functional groups attached to an aromatic ring is 1. The van der Waals surface area contributed by atoms with Crippen LogP contribution in [0, 0.1) is 11.7 Å². The molecule has 1 aliphatic rings. The van der Waals surface area contributed by atoms with Crippen LogP contribution in [0.5, 0.6) is 0 Å². The maximum Gasteiger partial charge on any atom is 0.242 e. The lowest BCUT2D eigenvalue weighted by Gasteiger charge is -2.26. The first-order chi connectivity index (χ1) is 9.41. The fourth-order valence-electron chi connectivity index (χ4n) is 2.28. The van der Waals surface area contributed by atoms with Crippen LogP contribution >= 0.6 is 0 Å². The first-order valence-electron chi connectivity index (χ1n) is 6.50. The number of ether oxygens (including phenoxy) is 1. The molecule has 0 bridgehead atoms. The van der Waals surface area contributed by atoms with Gasteiger partial charge in [-0.05, 0) is 37.0 Å². The zero-order chi connectivity index (χ0) is 14.8. The Morgan fingerprint density at radius 1 is 1.50 bits per heavy atom. The van der Waals surface area contributed by atoms with E-state index in [4.69, 9.17) is 10.5 Å². The molecule has 2 rings (SSSR count). The highest BCUT2D eigenvalue weighted by Gasteiger charge is 2.25. The van der Waals surface area contributed by atoms with Gasteiger partial charge >= 0.3 is 0 Å². The molecule has 20 heavy (non-hydrogen) atoms. The number of hydrogen-bond acceptors (Lipinski definition) is 4. The van der Waals surface area contributed by atoms with Gasteiger partial charge in [0.1, 0.15) is 5.82 Å². The molecule has 1 aromatic rings. The maximum absolute atomic E-state index is 13.1. The van der Waals surface area contributed by atoms with Gasteiger partial charge in [-0.2, -0.15) is 0 Å². The molecule has 1 saturated heterocycles. The summed E-state index contributed by atoms with van der Waals surface area (Å²) in [7, 11) is -2.13. The topological polar surface area (TPSA) is 72.6 Å². The third kappa shape index (κ3) is 3.28. The molecule has 1 fully saturated rings. The molecule has 0 aliphatic carbocycles. The predicted octanol–water partition coefficient (Wildman–Crippen LogP) is 1.45. The minimum Gasteiger partial charge on any atom is -0.396 e. The van der Waals surface area contributed by atoms with E-state index < -0.39 is 15.8 Å². The van der Waals surface area contributed by atoms with Gasteiger partial charge in [0.25, 0.3) is 0 Å². The monoisotopic (exact) mass is 302 g/mol. The largest absolute Gasteiger partial charge is 0.396 e. The van der Waals surface area contributed by atoms with Gasteiger partial charge in [-0.15, -0.1) is 0 Å². The van der Waals surface area contributed by atoms with Crippen molar-refractivity contribution in [2.75, 3.05) is 32.5 Å². The quantitative estimate of drug-likeness (QED) is 0.855. The summed E-state index contributed by atoms with van der Waals surface area (Å²) in [5.41, 5.74) is 5.26. The number of sulfonamides is 1. The van der Waals surface area contributed by atoms with Gasteiger partial charge in [0, 0.05) is 20.2 Å². The summed E-state index contributed by atoms with van der Waals surface area (Å²) in [6.07, 6.45) is 1.90. The minimum absolute atomic E-state index is 0.00984. The zero-order valence-corrected chi connectivity index (χ0v) is 12.2. The van der Waals surface area contributed by atoms with Crippen LogP contribution in [0.2, 0.25) is 0 Å². The molecule has 1 unspecified atom stereocenters. The average molecular weight is 302 g/mol. The Balaban J connectivity index is 2.13. The second-order valence-electron chi connectivity index (χ2n) is 5.05. The number of nitrogens with two attached hydrogens (primary N) is 1. The summed E-state index contributed by atoms with van der Waals surface area (Å²) in [6.45, 7) is 1.70. The molecule has 0 spiro atoms. The van der Waals surface area contributed by atoms with Gasteiger partial charge in [-0.3, -0.25) is 0 Å². The highest BCUT2D eigenvalue weighted by molar-refractivity contribution is 7.89. The van der Waals surface area contributed by atoms with E-state index in [2.05, 4.69) is 0 Å². The summed E-state index contributed by atoms with van der Waals surface area (Å²) in [4.78, 5) is 0.00984. The van der Waals surface area contributed by atoms with E-state index in [9.17, 15) is 12.8 Å². The van der Waals surface area contributed by atoms with Crippen LogP contribution in [-0.2, 0) is 14.8 Å². The Bertz CT molecular complexity index is 571. The summed E-state index contributed by atoms with van der Waals surface area (Å²) in [6, 6.07) is 3.45. The Hall–Kier alpha value is -1.18. The Morgan fingerprint density at radius 2 is 2.25 bits per heavy atom. The van der Waals surface area contributed by atoms with Crippen molar-refractivity contribution >= 4 is 15.7 Å². The Labute approximate surface area is 118 Å². The highest BCUT2D eigenvalue weighted by atomic mass is 32.2. The molecule has 0 amide bonds. The molecule has 1 atom stereocenters. The summed E-state index contributed by atoms with van der Waals surface area (Å²) < 4.78 is 44.5. The van der Waals surface area contributed by atoms with E-state index in [1.54, 1.807) is 0 Å². The molecule has 0 aromatic heterocycles. The fourth-order valence-corrected chi connectivity index (χ4v) is 3.56. The number of hydrogen-bond donors (Lipinski definition) is 1. The van der Waals surface area contributed by atoms with Crippen LogP contribution in [0.3, 0.4) is 0 Å². The smallest absolute Gasteiger partial charge is 0.242 e. The van der Waals surface area contributed by atoms with Crippen molar-refractivity contribution in [2.45, 2.75) is 17.7 Å². The molecule has 1 aromatic carbocycles. The molecule has 0 radical (unpaired) electrons. The number of halogens is 1. The standard InChI is InChI=1S/C13H19FN2O3S/c1-16(8-10-3-2-6-19-9-10)20(17,18)11-4-5-12(14)13(15)7-11/h4-5,7,10H,2-3,6,8-9,15H2,1H3. The van der Waals surface area contributed by atoms with Crippen LogP contribution < -0.4 is 5.73 Å². The summed E-state index contributed by atoms with van der Waals surface area (Å²) >= 11 is 0. The third-order valence-electron chi connectivity index (χ3n) is 3.45. The van der Waals surface area contributed by atoms with Crippen molar-refractivity contribution in [2.24, 2.45) is 5.92 Å². The third-order valence-corrected chi connectivity index (χ3v) is 5.26. The lowest BCUT2D eigenvalue weighted by molar-refractivity contribution is 0.0495.